The van der Waals surface area contributed by atoms with E-state index in [0.29, 0.717) is 25.7 Å². The molecule has 1 fully saturated rings. The Balaban J connectivity index is 2.16. The molecule has 0 saturated carbocycles. The number of aldehydes is 1. The van der Waals surface area contributed by atoms with Gasteiger partial charge in [-0.1, -0.05) is 31.5 Å². The number of nitrogens with two attached hydrogens (primary N) is 1. The van der Waals surface area contributed by atoms with Gasteiger partial charge in [-0.25, -0.2) is 0 Å². The van der Waals surface area contributed by atoms with E-state index in [2.05, 4.69) is 10.6 Å². The van der Waals surface area contributed by atoms with Crippen LogP contribution in [-0.4, -0.2) is 63.9 Å². The summed E-state index contributed by atoms with van der Waals surface area (Å²) in [5.41, 5.74) is 6.45. The van der Waals surface area contributed by atoms with Crippen molar-refractivity contribution in [3.05, 3.63) is 28.8 Å². The molecule has 1 aliphatic rings. The Morgan fingerprint density at radius 1 is 1.34 bits per heavy atom. The number of amides is 2. The van der Waals surface area contributed by atoms with E-state index in [1.54, 1.807) is 32.0 Å². The van der Waals surface area contributed by atoms with Crippen LogP contribution < -0.4 is 16.4 Å². The number of nitrogen functional groups attached to an aromatic ring is 1. The fourth-order valence-corrected chi connectivity index (χ4v) is 4.01. The molecule has 1 aromatic rings. The van der Waals surface area contributed by atoms with E-state index in [4.69, 9.17) is 22.4 Å². The maximum Gasteiger partial charge on any atom is 0.305 e. The third kappa shape index (κ3) is 6.18. The number of nitrogens with one attached hydrogen (secondary N) is 2. The lowest BCUT2D eigenvalue weighted by atomic mass is 10.0. The minimum absolute atomic E-state index is 0.247. The van der Waals surface area contributed by atoms with Gasteiger partial charge in [-0.2, -0.15) is 0 Å². The molecule has 0 bridgehead atoms. The fourth-order valence-electron chi connectivity index (χ4n) is 3.73. The minimum Gasteiger partial charge on any atom is -0.481 e. The first-order valence-electron chi connectivity index (χ1n) is 10.3. The second-order valence-corrected chi connectivity index (χ2v) is 8.48. The molecule has 1 aromatic carbocycles. The van der Waals surface area contributed by atoms with Crippen LogP contribution in [0.25, 0.3) is 0 Å². The summed E-state index contributed by atoms with van der Waals surface area (Å²) in [5, 5.41) is 25.0. The number of benzene rings is 1. The summed E-state index contributed by atoms with van der Waals surface area (Å²) in [5.74, 6) is -2.46. The van der Waals surface area contributed by atoms with Gasteiger partial charge in [0.25, 0.3) is 0 Å². The number of likely N-dealkylation sites (tertiary alicyclic amines) is 1. The Morgan fingerprint density at radius 3 is 2.59 bits per heavy atom. The van der Waals surface area contributed by atoms with Crippen LogP contribution in [0.3, 0.4) is 0 Å². The van der Waals surface area contributed by atoms with Gasteiger partial charge in [-0.15, -0.1) is 0 Å². The molecular formula is C21H29ClN4O6. The molecule has 11 heteroatoms. The number of nitrogens with zero attached hydrogens (tertiary/aromatic N) is 1. The van der Waals surface area contributed by atoms with Crippen molar-refractivity contribution < 1.29 is 29.4 Å². The molecule has 1 unspecified atom stereocenters. The third-order valence-electron chi connectivity index (χ3n) is 5.36. The number of carbonyl (C=O) groups is 4. The van der Waals surface area contributed by atoms with E-state index in [-0.39, 0.29) is 22.2 Å². The summed E-state index contributed by atoms with van der Waals surface area (Å²) in [6, 6.07) is 1.93. The van der Waals surface area contributed by atoms with Gasteiger partial charge in [-0.05, 0) is 30.9 Å². The Hall–Kier alpha value is -2.69. The van der Waals surface area contributed by atoms with Gasteiger partial charge in [0, 0.05) is 22.8 Å². The predicted octanol–water partition coefficient (Wildman–Crippen LogP) is 0.677. The average molecular weight is 469 g/mol. The molecule has 32 heavy (non-hydrogen) atoms. The van der Waals surface area contributed by atoms with Crippen LogP contribution in [0, 0.1) is 5.92 Å². The maximum atomic E-state index is 13.3. The maximum absolute atomic E-state index is 13.3. The zero-order chi connectivity index (χ0) is 24.0. The predicted molar refractivity (Wildman–Crippen MR) is 118 cm³/mol. The molecule has 6 N–H and O–H groups in total. The molecule has 4 atom stereocenters. The van der Waals surface area contributed by atoms with E-state index in [1.165, 1.54) is 4.90 Å². The lowest BCUT2D eigenvalue weighted by Crippen LogP contribution is -2.55. The summed E-state index contributed by atoms with van der Waals surface area (Å²) in [7, 11) is 0. The number of hydrogen-bond acceptors (Lipinski definition) is 7. The molecule has 1 aliphatic heterocycles. The minimum atomic E-state index is -1.31. The highest BCUT2D eigenvalue weighted by atomic mass is 35.5. The summed E-state index contributed by atoms with van der Waals surface area (Å²) in [6.45, 7) is 3.90. The summed E-state index contributed by atoms with van der Waals surface area (Å²) >= 11 is 6.16. The van der Waals surface area contributed by atoms with Gasteiger partial charge in [0.2, 0.25) is 11.8 Å². The van der Waals surface area contributed by atoms with Gasteiger partial charge in [-0.3, -0.25) is 19.7 Å². The fraction of sp³-hybridized carbons (Fsp3) is 0.524. The second-order valence-electron chi connectivity index (χ2n) is 8.07. The Morgan fingerprint density at radius 2 is 2.03 bits per heavy atom. The lowest BCUT2D eigenvalue weighted by Gasteiger charge is -2.32. The molecule has 0 radical (unpaired) electrons. The van der Waals surface area contributed by atoms with Crippen molar-refractivity contribution in [1.82, 2.24) is 15.5 Å². The second kappa shape index (κ2) is 11.3. The molecule has 0 aliphatic carbocycles. The number of anilines is 1. The number of aliphatic hydroxyl groups excluding tert-OH is 1. The SMILES string of the molecule is CC(C)[C@H](NC(O)c1c(N)cccc1Cl)C(=O)N1CCC[C@H]1C(=O)N[C@H](C=O)CC(=O)O. The average Bonchev–Trinajstić information content (AvgIpc) is 3.20. The Kier molecular flexibility index (Phi) is 8.99. The van der Waals surface area contributed by atoms with Crippen LogP contribution in [-0.2, 0) is 19.2 Å². The molecule has 176 valence electrons. The van der Waals surface area contributed by atoms with Crippen molar-refractivity contribution >= 4 is 41.4 Å². The van der Waals surface area contributed by atoms with Crippen LogP contribution in [0.4, 0.5) is 5.69 Å². The van der Waals surface area contributed by atoms with Crippen molar-refractivity contribution in [2.75, 3.05) is 12.3 Å². The van der Waals surface area contributed by atoms with Gasteiger partial charge in [0.05, 0.1) is 18.5 Å². The zero-order valence-corrected chi connectivity index (χ0v) is 18.7. The topological polar surface area (TPSA) is 162 Å². The van der Waals surface area contributed by atoms with Crippen LogP contribution in [0.1, 0.15) is 44.9 Å². The quantitative estimate of drug-likeness (QED) is 0.190. The highest BCUT2D eigenvalue weighted by molar-refractivity contribution is 6.31. The number of rotatable bonds is 10. The highest BCUT2D eigenvalue weighted by Gasteiger charge is 2.39. The van der Waals surface area contributed by atoms with Crippen molar-refractivity contribution in [3.8, 4) is 0 Å². The van der Waals surface area contributed by atoms with Gasteiger partial charge in [0.1, 0.15) is 18.6 Å². The van der Waals surface area contributed by atoms with E-state index in [1.807, 2.05) is 0 Å². The Bertz CT molecular complexity index is 844. The molecule has 1 saturated heterocycles. The first-order valence-corrected chi connectivity index (χ1v) is 10.7. The van der Waals surface area contributed by atoms with E-state index in [0.717, 1.165) is 0 Å². The number of carbonyl (C=O) groups excluding carboxylic acids is 3. The zero-order valence-electron chi connectivity index (χ0n) is 18.0. The normalized spacial score (nSPS) is 18.8. The first-order chi connectivity index (χ1) is 15.1. The number of carboxylic acids is 1. The standard InChI is InChI=1S/C21H29ClN4O6/c1-11(2)18(25-20(31)17-13(22)5-3-6-14(17)23)21(32)26-8-4-7-15(26)19(30)24-12(10-27)9-16(28)29/h3,5-6,10-12,15,18,20,25,31H,4,7-9,23H2,1-2H3,(H,24,30)(H,28,29)/t12-,15-,18-,20?/m0/s1. The molecule has 0 spiro atoms. The third-order valence-corrected chi connectivity index (χ3v) is 5.68. The highest BCUT2D eigenvalue weighted by Crippen LogP contribution is 2.29. The van der Waals surface area contributed by atoms with Gasteiger partial charge < -0.3 is 31.0 Å². The van der Waals surface area contributed by atoms with Crippen molar-refractivity contribution in [2.24, 2.45) is 5.92 Å². The molecular weight excluding hydrogens is 440 g/mol. The van der Waals surface area contributed by atoms with Crippen molar-refractivity contribution in [3.63, 3.8) is 0 Å². The van der Waals surface area contributed by atoms with Gasteiger partial charge in [0.15, 0.2) is 0 Å². The van der Waals surface area contributed by atoms with Crippen LogP contribution in [0.5, 0.6) is 0 Å². The van der Waals surface area contributed by atoms with Crippen LogP contribution >= 0.6 is 11.6 Å². The van der Waals surface area contributed by atoms with Crippen molar-refractivity contribution in [2.45, 2.75) is 57.5 Å². The lowest BCUT2D eigenvalue weighted by molar-refractivity contribution is -0.143. The van der Waals surface area contributed by atoms with E-state index in [9.17, 15) is 24.3 Å². The molecule has 0 aromatic heterocycles. The number of hydrogen-bond donors (Lipinski definition) is 5. The van der Waals surface area contributed by atoms with Gasteiger partial charge >= 0.3 is 5.97 Å². The smallest absolute Gasteiger partial charge is 0.305 e. The number of halogens is 1. The molecule has 2 amide bonds. The summed E-state index contributed by atoms with van der Waals surface area (Å²) in [6.07, 6.45) is -0.557. The first kappa shape index (κ1) is 25.6. The molecule has 1 heterocycles. The molecule has 10 nitrogen and oxygen atoms in total. The summed E-state index contributed by atoms with van der Waals surface area (Å²) in [4.78, 5) is 49.3. The summed E-state index contributed by atoms with van der Waals surface area (Å²) < 4.78 is 0. The molecule has 2 rings (SSSR count). The largest absolute Gasteiger partial charge is 0.481 e. The number of aliphatic carboxylic acids is 1. The van der Waals surface area contributed by atoms with E-state index < -0.39 is 48.6 Å². The van der Waals surface area contributed by atoms with Crippen LogP contribution in [0.2, 0.25) is 5.02 Å². The van der Waals surface area contributed by atoms with E-state index >= 15 is 0 Å². The monoisotopic (exact) mass is 468 g/mol. The Labute approximate surface area is 191 Å². The van der Waals surface area contributed by atoms with Crippen molar-refractivity contribution in [1.29, 1.82) is 0 Å². The number of carboxylic acid groups (broad SMARTS) is 1. The number of aliphatic hydroxyl groups is 1. The van der Waals surface area contributed by atoms with Crippen LogP contribution in [0.15, 0.2) is 18.2 Å².